The van der Waals surface area contributed by atoms with E-state index in [1.54, 1.807) is 0 Å². The highest BCUT2D eigenvalue weighted by molar-refractivity contribution is 5.79. The third-order valence-electron chi connectivity index (χ3n) is 2.07. The van der Waals surface area contributed by atoms with Crippen LogP contribution in [0.15, 0.2) is 35.5 Å². The van der Waals surface area contributed by atoms with Crippen LogP contribution < -0.4 is 0 Å². The molecule has 2 nitrogen and oxygen atoms in total. The Morgan fingerprint density at radius 1 is 1.33 bits per heavy atom. The van der Waals surface area contributed by atoms with Crippen molar-refractivity contribution in [2.45, 2.75) is 5.92 Å². The van der Waals surface area contributed by atoms with Crippen LogP contribution >= 0.6 is 0 Å². The van der Waals surface area contributed by atoms with Gasteiger partial charge >= 0.3 is 0 Å². The summed E-state index contributed by atoms with van der Waals surface area (Å²) >= 11 is 0. The summed E-state index contributed by atoms with van der Waals surface area (Å²) in [7, 11) is 0. The Morgan fingerprint density at radius 3 is 3.00 bits per heavy atom. The van der Waals surface area contributed by atoms with Crippen molar-refractivity contribution in [2.24, 2.45) is 5.16 Å². The van der Waals surface area contributed by atoms with Crippen LogP contribution in [0.5, 0.6) is 0 Å². The lowest BCUT2D eigenvalue weighted by Gasteiger charge is -2.02. The maximum absolute atomic E-state index is 8.39. The zero-order chi connectivity index (χ0) is 8.39. The SMILES string of the molecule is ON=CC1C=Cc2ccccc21. The summed E-state index contributed by atoms with van der Waals surface area (Å²) in [4.78, 5) is 0. The lowest BCUT2D eigenvalue weighted by molar-refractivity contribution is 0.320. The molecule has 0 heterocycles. The van der Waals surface area contributed by atoms with Crippen LogP contribution in [0.25, 0.3) is 6.08 Å². The number of nitrogens with zero attached hydrogens (tertiary/aromatic N) is 1. The minimum absolute atomic E-state index is 0.145. The summed E-state index contributed by atoms with van der Waals surface area (Å²) in [5, 5.41) is 11.4. The second-order valence-electron chi connectivity index (χ2n) is 2.78. The Balaban J connectivity index is 2.42. The van der Waals surface area contributed by atoms with Crippen LogP contribution in [0.3, 0.4) is 0 Å². The van der Waals surface area contributed by atoms with E-state index < -0.39 is 0 Å². The molecule has 2 rings (SSSR count). The van der Waals surface area contributed by atoms with E-state index in [9.17, 15) is 0 Å². The first-order valence-electron chi connectivity index (χ1n) is 3.86. The molecule has 0 aromatic heterocycles. The molecule has 1 aliphatic rings. The molecular weight excluding hydrogens is 150 g/mol. The highest BCUT2D eigenvalue weighted by Gasteiger charge is 2.13. The molecule has 1 aromatic rings. The van der Waals surface area contributed by atoms with Crippen LogP contribution in [0, 0.1) is 0 Å². The van der Waals surface area contributed by atoms with Gasteiger partial charge in [-0.15, -0.1) is 5.16 Å². The van der Waals surface area contributed by atoms with Gasteiger partial charge < -0.3 is 5.21 Å². The predicted molar refractivity (Wildman–Crippen MR) is 48.5 cm³/mol. The van der Waals surface area contributed by atoms with Gasteiger partial charge in [0.05, 0.1) is 6.21 Å². The standard InChI is InChI=1S/C10H9NO/c12-11-7-9-6-5-8-3-1-2-4-10(8)9/h1-7,9,12H. The molecule has 0 saturated carbocycles. The van der Waals surface area contributed by atoms with E-state index >= 15 is 0 Å². The van der Waals surface area contributed by atoms with Crippen molar-refractivity contribution >= 4 is 12.3 Å². The number of fused-ring (bicyclic) bond motifs is 1. The van der Waals surface area contributed by atoms with Gasteiger partial charge in [-0.2, -0.15) is 0 Å². The molecule has 1 aromatic carbocycles. The van der Waals surface area contributed by atoms with Gasteiger partial charge in [0.2, 0.25) is 0 Å². The number of oxime groups is 1. The first kappa shape index (κ1) is 7.10. The van der Waals surface area contributed by atoms with Crippen LogP contribution in [0.4, 0.5) is 0 Å². The molecule has 0 aliphatic heterocycles. The highest BCUT2D eigenvalue weighted by Crippen LogP contribution is 2.27. The van der Waals surface area contributed by atoms with E-state index in [1.807, 2.05) is 30.4 Å². The summed E-state index contributed by atoms with van der Waals surface area (Å²) in [5.74, 6) is 0.145. The number of hydrogen-bond donors (Lipinski definition) is 1. The molecule has 1 atom stereocenters. The molecule has 0 spiro atoms. The summed E-state index contributed by atoms with van der Waals surface area (Å²) in [5.41, 5.74) is 2.41. The number of allylic oxidation sites excluding steroid dienone is 1. The van der Waals surface area contributed by atoms with Gasteiger partial charge in [-0.1, -0.05) is 36.4 Å². The van der Waals surface area contributed by atoms with Crippen molar-refractivity contribution < 1.29 is 5.21 Å². The Labute approximate surface area is 70.8 Å². The Bertz CT molecular complexity index is 341. The third-order valence-corrected chi connectivity index (χ3v) is 2.07. The van der Waals surface area contributed by atoms with Crippen molar-refractivity contribution in [3.8, 4) is 0 Å². The lowest BCUT2D eigenvalue weighted by atomic mass is 10.0. The molecule has 1 unspecified atom stereocenters. The fourth-order valence-electron chi connectivity index (χ4n) is 1.48. The second kappa shape index (κ2) is 2.81. The van der Waals surface area contributed by atoms with E-state index in [1.165, 1.54) is 17.3 Å². The predicted octanol–water partition coefficient (Wildman–Crippen LogP) is 2.26. The van der Waals surface area contributed by atoms with Crippen molar-refractivity contribution in [2.75, 3.05) is 0 Å². The molecule has 0 bridgehead atoms. The van der Waals surface area contributed by atoms with Crippen LogP contribution in [0.2, 0.25) is 0 Å². The summed E-state index contributed by atoms with van der Waals surface area (Å²) in [6.07, 6.45) is 5.59. The van der Waals surface area contributed by atoms with Crippen LogP contribution in [-0.2, 0) is 0 Å². The van der Waals surface area contributed by atoms with Gasteiger partial charge in [-0.25, -0.2) is 0 Å². The molecule has 60 valence electrons. The van der Waals surface area contributed by atoms with Crippen LogP contribution in [-0.4, -0.2) is 11.4 Å². The topological polar surface area (TPSA) is 32.6 Å². The van der Waals surface area contributed by atoms with Crippen LogP contribution in [0.1, 0.15) is 17.0 Å². The zero-order valence-corrected chi connectivity index (χ0v) is 6.51. The molecule has 0 amide bonds. The molecule has 0 radical (unpaired) electrons. The van der Waals surface area contributed by atoms with Gasteiger partial charge in [0.1, 0.15) is 0 Å². The smallest absolute Gasteiger partial charge is 0.0549 e. The van der Waals surface area contributed by atoms with Gasteiger partial charge in [0, 0.05) is 5.92 Å². The maximum Gasteiger partial charge on any atom is 0.0549 e. The van der Waals surface area contributed by atoms with Crippen molar-refractivity contribution in [3.05, 3.63) is 41.5 Å². The fourth-order valence-corrected chi connectivity index (χ4v) is 1.48. The largest absolute Gasteiger partial charge is 0.411 e. The van der Waals surface area contributed by atoms with E-state index in [-0.39, 0.29) is 5.92 Å². The summed E-state index contributed by atoms with van der Waals surface area (Å²) in [6.45, 7) is 0. The van der Waals surface area contributed by atoms with Crippen molar-refractivity contribution in [3.63, 3.8) is 0 Å². The Hall–Kier alpha value is -1.57. The molecule has 1 aliphatic carbocycles. The quantitative estimate of drug-likeness (QED) is 0.380. The Kier molecular flexibility index (Phi) is 1.67. The Morgan fingerprint density at radius 2 is 2.17 bits per heavy atom. The number of rotatable bonds is 1. The first-order valence-corrected chi connectivity index (χ1v) is 3.86. The normalized spacial score (nSPS) is 20.2. The first-order chi connectivity index (χ1) is 5.92. The van der Waals surface area contributed by atoms with E-state index in [0.717, 1.165) is 0 Å². The minimum Gasteiger partial charge on any atom is -0.411 e. The molecule has 0 saturated heterocycles. The second-order valence-corrected chi connectivity index (χ2v) is 2.78. The maximum atomic E-state index is 8.39. The molecule has 1 N–H and O–H groups in total. The van der Waals surface area contributed by atoms with Crippen molar-refractivity contribution in [1.82, 2.24) is 0 Å². The molecule has 12 heavy (non-hydrogen) atoms. The monoisotopic (exact) mass is 159 g/mol. The van der Waals surface area contributed by atoms with E-state index in [4.69, 9.17) is 5.21 Å². The summed E-state index contributed by atoms with van der Waals surface area (Å²) < 4.78 is 0. The molecular formula is C10H9NO. The van der Waals surface area contributed by atoms with Gasteiger partial charge in [0.15, 0.2) is 0 Å². The average Bonchev–Trinajstić information content (AvgIpc) is 2.50. The number of benzene rings is 1. The average molecular weight is 159 g/mol. The number of hydrogen-bond acceptors (Lipinski definition) is 2. The highest BCUT2D eigenvalue weighted by atomic mass is 16.4. The van der Waals surface area contributed by atoms with E-state index in [2.05, 4.69) is 11.2 Å². The van der Waals surface area contributed by atoms with Crippen molar-refractivity contribution in [1.29, 1.82) is 0 Å². The third kappa shape index (κ3) is 1.01. The molecule has 2 heteroatoms. The van der Waals surface area contributed by atoms with Gasteiger partial charge in [-0.05, 0) is 11.1 Å². The fraction of sp³-hybridized carbons (Fsp3) is 0.100. The van der Waals surface area contributed by atoms with E-state index in [0.29, 0.717) is 0 Å². The lowest BCUT2D eigenvalue weighted by Crippen LogP contribution is -1.93. The minimum atomic E-state index is 0.145. The molecule has 0 fully saturated rings. The zero-order valence-electron chi connectivity index (χ0n) is 6.51. The van der Waals surface area contributed by atoms with Gasteiger partial charge in [0.25, 0.3) is 0 Å². The van der Waals surface area contributed by atoms with Gasteiger partial charge in [-0.3, -0.25) is 0 Å². The summed E-state index contributed by atoms with van der Waals surface area (Å²) in [6, 6.07) is 8.09.